The Labute approximate surface area is 125 Å². The van der Waals surface area contributed by atoms with Crippen LogP contribution in [0, 0.1) is 12.7 Å². The Morgan fingerprint density at radius 1 is 1.14 bits per heavy atom. The molecule has 0 radical (unpaired) electrons. The number of nitrogens with one attached hydrogen (secondary N) is 1. The van der Waals surface area contributed by atoms with E-state index < -0.39 is 17.7 Å². The Kier molecular flexibility index (Phi) is 4.23. The van der Waals surface area contributed by atoms with E-state index >= 15 is 0 Å². The first kappa shape index (κ1) is 15.0. The normalized spacial score (nSPS) is 10.2. The van der Waals surface area contributed by atoms with Gasteiger partial charge in [0.1, 0.15) is 0 Å². The lowest BCUT2D eigenvalue weighted by atomic mass is 10.1. The maximum absolute atomic E-state index is 13.8. The number of carbonyl (C=O) groups excluding carboxylic acids is 1. The Bertz CT molecular complexity index is 731. The molecule has 0 unspecified atom stereocenters. The minimum Gasteiger partial charge on any atom is -0.478 e. The highest BCUT2D eigenvalue weighted by Crippen LogP contribution is 2.23. The zero-order valence-electron chi connectivity index (χ0n) is 11.0. The van der Waals surface area contributed by atoms with Crippen LogP contribution in [0.2, 0.25) is 5.02 Å². The number of hydrogen-bond acceptors (Lipinski definition) is 2. The molecule has 0 aliphatic carbocycles. The summed E-state index contributed by atoms with van der Waals surface area (Å²) in [5, 5.41) is 11.4. The molecule has 0 fully saturated rings. The number of carbonyl (C=O) groups is 2. The second-order valence-electron chi connectivity index (χ2n) is 4.36. The largest absolute Gasteiger partial charge is 0.478 e. The van der Waals surface area contributed by atoms with Crippen LogP contribution in [0.3, 0.4) is 0 Å². The van der Waals surface area contributed by atoms with E-state index in [1.165, 1.54) is 24.3 Å². The molecular weight excluding hydrogens is 297 g/mol. The van der Waals surface area contributed by atoms with Crippen LogP contribution in [0.4, 0.5) is 10.1 Å². The van der Waals surface area contributed by atoms with Gasteiger partial charge in [0.15, 0.2) is 5.82 Å². The third-order valence-electron chi connectivity index (χ3n) is 2.94. The highest BCUT2D eigenvalue weighted by Gasteiger charge is 2.18. The highest BCUT2D eigenvalue weighted by atomic mass is 35.5. The van der Waals surface area contributed by atoms with Crippen LogP contribution >= 0.6 is 11.6 Å². The van der Waals surface area contributed by atoms with E-state index in [4.69, 9.17) is 16.7 Å². The van der Waals surface area contributed by atoms with Gasteiger partial charge in [-0.3, -0.25) is 4.79 Å². The fourth-order valence-corrected chi connectivity index (χ4v) is 2.05. The highest BCUT2D eigenvalue weighted by molar-refractivity contribution is 6.31. The molecule has 108 valence electrons. The third kappa shape index (κ3) is 3.03. The van der Waals surface area contributed by atoms with Crippen LogP contribution in [0.5, 0.6) is 0 Å². The summed E-state index contributed by atoms with van der Waals surface area (Å²) in [6, 6.07) is 8.61. The van der Waals surface area contributed by atoms with E-state index in [1.54, 1.807) is 19.1 Å². The van der Waals surface area contributed by atoms with Crippen LogP contribution in [0.15, 0.2) is 36.4 Å². The van der Waals surface area contributed by atoms with E-state index in [-0.39, 0.29) is 21.8 Å². The number of aromatic carboxylic acids is 1. The van der Waals surface area contributed by atoms with Gasteiger partial charge in [0, 0.05) is 0 Å². The number of benzene rings is 2. The van der Waals surface area contributed by atoms with E-state index in [1.807, 2.05) is 0 Å². The summed E-state index contributed by atoms with van der Waals surface area (Å²) in [5.41, 5.74) is 0.382. The minimum absolute atomic E-state index is 0.0641. The molecule has 0 saturated heterocycles. The van der Waals surface area contributed by atoms with Crippen LogP contribution in [0.25, 0.3) is 0 Å². The van der Waals surface area contributed by atoms with Gasteiger partial charge in [-0.05, 0) is 30.7 Å². The van der Waals surface area contributed by atoms with Gasteiger partial charge in [-0.1, -0.05) is 29.8 Å². The lowest BCUT2D eigenvalue weighted by Crippen LogP contribution is -2.17. The first-order chi connectivity index (χ1) is 9.91. The maximum Gasteiger partial charge on any atom is 0.337 e. The smallest absolute Gasteiger partial charge is 0.337 e. The molecule has 2 N–H and O–H groups in total. The van der Waals surface area contributed by atoms with Crippen LogP contribution in [-0.4, -0.2) is 17.0 Å². The first-order valence-electron chi connectivity index (χ1n) is 6.00. The van der Waals surface area contributed by atoms with E-state index in [2.05, 4.69) is 5.32 Å². The number of aryl methyl sites for hydroxylation is 1. The maximum atomic E-state index is 13.8. The van der Waals surface area contributed by atoms with Gasteiger partial charge < -0.3 is 10.4 Å². The number of carboxylic acid groups (broad SMARTS) is 1. The standard InChI is InChI=1S/C15H11ClFNO3/c1-8-4-2-6-10(15(20)21)13(8)18-14(19)9-5-3-7-11(16)12(9)17/h2-7H,1H3,(H,18,19)(H,20,21). The molecule has 4 nitrogen and oxygen atoms in total. The number of halogens is 2. The average Bonchev–Trinajstić information content (AvgIpc) is 2.43. The predicted molar refractivity (Wildman–Crippen MR) is 77.5 cm³/mol. The number of hydrogen-bond donors (Lipinski definition) is 2. The number of anilines is 1. The average molecular weight is 308 g/mol. The van der Waals surface area contributed by atoms with Crippen molar-refractivity contribution in [3.63, 3.8) is 0 Å². The van der Waals surface area contributed by atoms with E-state index in [0.717, 1.165) is 0 Å². The predicted octanol–water partition coefficient (Wildman–Crippen LogP) is 3.74. The van der Waals surface area contributed by atoms with Crippen molar-refractivity contribution >= 4 is 29.2 Å². The second-order valence-corrected chi connectivity index (χ2v) is 4.77. The number of carboxylic acids is 1. The summed E-state index contributed by atoms with van der Waals surface area (Å²) < 4.78 is 13.8. The van der Waals surface area contributed by atoms with Crippen molar-refractivity contribution in [1.82, 2.24) is 0 Å². The summed E-state index contributed by atoms with van der Waals surface area (Å²) in [4.78, 5) is 23.3. The molecule has 0 heterocycles. The molecule has 0 spiro atoms. The van der Waals surface area contributed by atoms with E-state index in [0.29, 0.717) is 5.56 Å². The fourth-order valence-electron chi connectivity index (χ4n) is 1.87. The van der Waals surface area contributed by atoms with Gasteiger partial charge in [0.2, 0.25) is 0 Å². The van der Waals surface area contributed by atoms with Crippen molar-refractivity contribution in [2.45, 2.75) is 6.92 Å². The summed E-state index contributed by atoms with van der Waals surface area (Å²) in [7, 11) is 0. The Balaban J connectivity index is 2.41. The van der Waals surface area contributed by atoms with Crippen molar-refractivity contribution in [3.8, 4) is 0 Å². The van der Waals surface area contributed by atoms with Gasteiger partial charge in [-0.25, -0.2) is 9.18 Å². The van der Waals surface area contributed by atoms with Gasteiger partial charge in [0.05, 0.1) is 21.8 Å². The van der Waals surface area contributed by atoms with Crippen molar-refractivity contribution in [2.24, 2.45) is 0 Å². The molecule has 2 aromatic carbocycles. The molecule has 0 aromatic heterocycles. The fraction of sp³-hybridized carbons (Fsp3) is 0.0667. The number of amides is 1. The zero-order valence-corrected chi connectivity index (χ0v) is 11.7. The topological polar surface area (TPSA) is 66.4 Å². The van der Waals surface area contributed by atoms with Gasteiger partial charge in [0.25, 0.3) is 5.91 Å². The summed E-state index contributed by atoms with van der Waals surface area (Å²) in [6.45, 7) is 1.65. The summed E-state index contributed by atoms with van der Waals surface area (Å²) in [6.07, 6.45) is 0. The van der Waals surface area contributed by atoms with Crippen molar-refractivity contribution in [1.29, 1.82) is 0 Å². The van der Waals surface area contributed by atoms with Gasteiger partial charge in [-0.2, -0.15) is 0 Å². The zero-order chi connectivity index (χ0) is 15.6. The molecule has 6 heteroatoms. The first-order valence-corrected chi connectivity index (χ1v) is 6.38. The second kappa shape index (κ2) is 5.93. The van der Waals surface area contributed by atoms with Crippen molar-refractivity contribution < 1.29 is 19.1 Å². The van der Waals surface area contributed by atoms with Gasteiger partial charge >= 0.3 is 5.97 Å². The van der Waals surface area contributed by atoms with Crippen molar-refractivity contribution in [3.05, 3.63) is 63.9 Å². The lowest BCUT2D eigenvalue weighted by Gasteiger charge is -2.12. The molecule has 0 saturated carbocycles. The molecule has 1 amide bonds. The van der Waals surface area contributed by atoms with Crippen LogP contribution in [0.1, 0.15) is 26.3 Å². The Morgan fingerprint density at radius 3 is 2.43 bits per heavy atom. The Morgan fingerprint density at radius 2 is 1.76 bits per heavy atom. The quantitative estimate of drug-likeness (QED) is 0.907. The molecular formula is C15H11ClFNO3. The molecule has 0 bridgehead atoms. The SMILES string of the molecule is Cc1cccc(C(=O)O)c1NC(=O)c1cccc(Cl)c1F. The van der Waals surface area contributed by atoms with Crippen molar-refractivity contribution in [2.75, 3.05) is 5.32 Å². The number of rotatable bonds is 3. The van der Waals surface area contributed by atoms with E-state index in [9.17, 15) is 14.0 Å². The summed E-state index contributed by atoms with van der Waals surface area (Å²) >= 11 is 5.62. The minimum atomic E-state index is -1.18. The number of para-hydroxylation sites is 1. The molecule has 2 rings (SSSR count). The molecule has 0 aliphatic rings. The third-order valence-corrected chi connectivity index (χ3v) is 3.23. The Hall–Kier alpha value is -2.40. The monoisotopic (exact) mass is 307 g/mol. The molecule has 0 aliphatic heterocycles. The molecule has 2 aromatic rings. The summed E-state index contributed by atoms with van der Waals surface area (Å²) in [5.74, 6) is -2.78. The van der Waals surface area contributed by atoms with Crippen LogP contribution in [-0.2, 0) is 0 Å². The molecule has 0 atom stereocenters. The molecule has 21 heavy (non-hydrogen) atoms. The lowest BCUT2D eigenvalue weighted by molar-refractivity contribution is 0.0698. The van der Waals surface area contributed by atoms with Gasteiger partial charge in [-0.15, -0.1) is 0 Å². The van der Waals surface area contributed by atoms with Crippen LogP contribution < -0.4 is 5.32 Å².